The van der Waals surface area contributed by atoms with Crippen molar-refractivity contribution in [2.24, 2.45) is 5.92 Å². The first kappa shape index (κ1) is 26.8. The minimum atomic E-state index is -3.20. The summed E-state index contributed by atoms with van der Waals surface area (Å²) in [5, 5.41) is 2.32. The standard InChI is InChI=1S/C30H35N5O4S/c1-40(37,38)34-11-9-22(10-12-34)17-28(27-18-31-21-32-27)35-19-26(25-8-4-6-23-5-2-3-7-24(23)25)30(29(35)20-36)33-13-15-39-16-14-33/h2-8,18,21-22,28H,9-17,19H2,1H3,(H,31,32). The van der Waals surface area contributed by atoms with Gasteiger partial charge in [0.15, 0.2) is 5.94 Å². The van der Waals surface area contributed by atoms with E-state index < -0.39 is 10.0 Å². The molecule has 2 saturated heterocycles. The third-order valence-electron chi connectivity index (χ3n) is 8.52. The molecule has 0 radical (unpaired) electrons. The molecule has 3 aromatic rings. The molecular formula is C30H35N5O4S. The second kappa shape index (κ2) is 11.2. The quantitative estimate of drug-likeness (QED) is 0.441. The molecule has 3 aliphatic heterocycles. The van der Waals surface area contributed by atoms with Crippen LogP contribution in [0.1, 0.15) is 36.6 Å². The summed E-state index contributed by atoms with van der Waals surface area (Å²) in [6, 6.07) is 14.6. The molecule has 0 aliphatic carbocycles. The van der Waals surface area contributed by atoms with Crippen molar-refractivity contribution in [1.29, 1.82) is 0 Å². The van der Waals surface area contributed by atoms with E-state index in [1.54, 1.807) is 10.6 Å². The van der Waals surface area contributed by atoms with Crippen LogP contribution in [-0.2, 0) is 19.6 Å². The molecule has 210 valence electrons. The lowest BCUT2D eigenvalue weighted by atomic mass is 9.89. The summed E-state index contributed by atoms with van der Waals surface area (Å²) < 4.78 is 31.4. The summed E-state index contributed by atoms with van der Waals surface area (Å²) >= 11 is 0. The van der Waals surface area contributed by atoms with Gasteiger partial charge in [-0.1, -0.05) is 42.5 Å². The van der Waals surface area contributed by atoms with Gasteiger partial charge in [0, 0.05) is 38.3 Å². The number of rotatable bonds is 7. The number of sulfonamides is 1. The van der Waals surface area contributed by atoms with Crippen molar-refractivity contribution in [3.63, 3.8) is 0 Å². The van der Waals surface area contributed by atoms with Crippen molar-refractivity contribution in [2.45, 2.75) is 25.3 Å². The highest BCUT2D eigenvalue weighted by Gasteiger charge is 2.39. The van der Waals surface area contributed by atoms with E-state index in [9.17, 15) is 13.2 Å². The van der Waals surface area contributed by atoms with Crippen molar-refractivity contribution < 1.29 is 17.9 Å². The fourth-order valence-corrected chi connectivity index (χ4v) is 7.34. The maximum Gasteiger partial charge on any atom is 0.211 e. The summed E-state index contributed by atoms with van der Waals surface area (Å²) in [4.78, 5) is 24.9. The second-order valence-electron chi connectivity index (χ2n) is 10.9. The smallest absolute Gasteiger partial charge is 0.211 e. The van der Waals surface area contributed by atoms with Crippen molar-refractivity contribution >= 4 is 32.3 Å². The van der Waals surface area contributed by atoms with Crippen molar-refractivity contribution in [2.75, 3.05) is 52.2 Å². The Morgan fingerprint density at radius 2 is 1.82 bits per heavy atom. The molecule has 9 nitrogen and oxygen atoms in total. The van der Waals surface area contributed by atoms with Crippen LogP contribution in [0.4, 0.5) is 0 Å². The number of imidazole rings is 1. The maximum absolute atomic E-state index is 12.8. The molecule has 0 amide bonds. The normalized spacial score (nSPS) is 20.4. The molecule has 1 aromatic heterocycles. The Bertz CT molecular complexity index is 1540. The van der Waals surface area contributed by atoms with Crippen LogP contribution in [0.5, 0.6) is 0 Å². The third kappa shape index (κ3) is 5.20. The molecule has 4 heterocycles. The van der Waals surface area contributed by atoms with Gasteiger partial charge in [0.25, 0.3) is 0 Å². The van der Waals surface area contributed by atoms with E-state index in [2.05, 4.69) is 62.1 Å². The van der Waals surface area contributed by atoms with E-state index in [0.717, 1.165) is 52.6 Å². The summed E-state index contributed by atoms with van der Waals surface area (Å²) in [6.07, 6.45) is 7.14. The fourth-order valence-electron chi connectivity index (χ4n) is 6.47. The summed E-state index contributed by atoms with van der Waals surface area (Å²) in [7, 11) is -3.20. The molecule has 40 heavy (non-hydrogen) atoms. The number of H-pyrrole nitrogens is 1. The van der Waals surface area contributed by atoms with E-state index >= 15 is 0 Å². The van der Waals surface area contributed by atoms with E-state index in [4.69, 9.17) is 4.74 Å². The average Bonchev–Trinajstić information content (AvgIpc) is 3.64. The van der Waals surface area contributed by atoms with Gasteiger partial charge in [0.05, 0.1) is 49.4 Å². The van der Waals surface area contributed by atoms with Crippen LogP contribution < -0.4 is 0 Å². The minimum absolute atomic E-state index is 0.128. The van der Waals surface area contributed by atoms with Gasteiger partial charge in [-0.15, -0.1) is 0 Å². The Hall–Kier alpha value is -3.43. The third-order valence-corrected chi connectivity index (χ3v) is 9.82. The summed E-state index contributed by atoms with van der Waals surface area (Å²) in [5.41, 5.74) is 4.69. The molecule has 1 unspecified atom stereocenters. The Kier molecular flexibility index (Phi) is 7.51. The molecule has 3 aliphatic rings. The lowest BCUT2D eigenvalue weighted by Crippen LogP contribution is -2.39. The lowest BCUT2D eigenvalue weighted by Gasteiger charge is -2.36. The number of hydrogen-bond donors (Lipinski definition) is 1. The molecule has 0 spiro atoms. The number of aromatic nitrogens is 2. The van der Waals surface area contributed by atoms with Gasteiger partial charge in [0.1, 0.15) is 5.70 Å². The summed E-state index contributed by atoms with van der Waals surface area (Å²) in [6.45, 7) is 4.25. The van der Waals surface area contributed by atoms with E-state index in [-0.39, 0.29) is 6.04 Å². The van der Waals surface area contributed by atoms with Crippen molar-refractivity contribution in [1.82, 2.24) is 24.1 Å². The highest BCUT2D eigenvalue weighted by molar-refractivity contribution is 7.88. The number of ether oxygens (including phenoxy) is 1. The Labute approximate surface area is 235 Å². The topological polar surface area (TPSA) is 98.8 Å². The zero-order valence-electron chi connectivity index (χ0n) is 22.8. The maximum atomic E-state index is 12.8. The average molecular weight is 562 g/mol. The highest BCUT2D eigenvalue weighted by Crippen LogP contribution is 2.44. The van der Waals surface area contributed by atoms with Gasteiger partial charge in [-0.2, -0.15) is 0 Å². The van der Waals surface area contributed by atoms with Crippen LogP contribution in [0, 0.1) is 5.92 Å². The monoisotopic (exact) mass is 561 g/mol. The predicted molar refractivity (Wildman–Crippen MR) is 154 cm³/mol. The summed E-state index contributed by atoms with van der Waals surface area (Å²) in [5.74, 6) is 2.66. The van der Waals surface area contributed by atoms with Gasteiger partial charge in [-0.3, -0.25) is 0 Å². The first-order chi connectivity index (χ1) is 19.4. The first-order valence-corrected chi connectivity index (χ1v) is 15.8. The highest BCUT2D eigenvalue weighted by atomic mass is 32.2. The van der Waals surface area contributed by atoms with Crippen LogP contribution in [0.3, 0.4) is 0 Å². The fraction of sp³-hybridized carbons (Fsp3) is 0.433. The SMILES string of the molecule is CS(=O)(=O)N1CCC(CC(c2cnc[nH]2)N2CC(c3cccc4ccccc34)=C(N3CCOCC3)C2=C=O)CC1. The molecule has 1 atom stereocenters. The van der Waals surface area contributed by atoms with Gasteiger partial charge in [-0.25, -0.2) is 22.5 Å². The molecule has 2 aromatic carbocycles. The van der Waals surface area contributed by atoms with Gasteiger partial charge < -0.3 is 19.5 Å². The second-order valence-corrected chi connectivity index (χ2v) is 12.9. The van der Waals surface area contributed by atoms with Gasteiger partial charge >= 0.3 is 0 Å². The number of piperidine rings is 1. The van der Waals surface area contributed by atoms with Crippen LogP contribution in [0.2, 0.25) is 0 Å². The number of nitrogens with one attached hydrogen (secondary N) is 1. The number of carbonyl (C=O) groups excluding carboxylic acids is 1. The Morgan fingerprint density at radius 3 is 2.52 bits per heavy atom. The largest absolute Gasteiger partial charge is 0.378 e. The Balaban J connectivity index is 1.38. The van der Waals surface area contributed by atoms with Gasteiger partial charge in [0.2, 0.25) is 10.0 Å². The first-order valence-electron chi connectivity index (χ1n) is 13.9. The van der Waals surface area contributed by atoms with E-state index in [1.165, 1.54) is 6.26 Å². The number of nitrogens with zero attached hydrogens (tertiary/aromatic N) is 4. The van der Waals surface area contributed by atoms with Crippen molar-refractivity contribution in [3.05, 3.63) is 77.6 Å². The molecule has 0 bridgehead atoms. The van der Waals surface area contributed by atoms with Crippen LogP contribution >= 0.6 is 0 Å². The number of benzene rings is 2. The zero-order valence-corrected chi connectivity index (χ0v) is 23.6. The van der Waals surface area contributed by atoms with E-state index in [0.29, 0.717) is 57.6 Å². The number of fused-ring (bicyclic) bond motifs is 1. The van der Waals surface area contributed by atoms with Crippen LogP contribution in [-0.4, -0.2) is 90.6 Å². The minimum Gasteiger partial charge on any atom is -0.378 e. The molecule has 1 N–H and O–H groups in total. The van der Waals surface area contributed by atoms with Crippen molar-refractivity contribution in [3.8, 4) is 0 Å². The number of aromatic amines is 1. The Morgan fingerprint density at radius 1 is 1.07 bits per heavy atom. The predicted octanol–water partition coefficient (Wildman–Crippen LogP) is 3.44. The lowest BCUT2D eigenvalue weighted by molar-refractivity contribution is 0.0540. The van der Waals surface area contributed by atoms with Gasteiger partial charge in [-0.05, 0) is 41.5 Å². The molecule has 6 rings (SSSR count). The van der Waals surface area contributed by atoms with E-state index in [1.807, 2.05) is 12.3 Å². The van der Waals surface area contributed by atoms with Crippen LogP contribution in [0.15, 0.2) is 66.4 Å². The number of hydrogen-bond acceptors (Lipinski definition) is 7. The molecule has 2 fully saturated rings. The zero-order chi connectivity index (χ0) is 27.7. The molecule has 0 saturated carbocycles. The molecular weight excluding hydrogens is 526 g/mol. The number of morpholine rings is 1. The van der Waals surface area contributed by atoms with Crippen LogP contribution in [0.25, 0.3) is 16.3 Å². The molecule has 10 heteroatoms.